The monoisotopic (exact) mass is 334 g/mol. The van der Waals surface area contributed by atoms with Crippen LogP contribution in [0.2, 0.25) is 0 Å². The van der Waals surface area contributed by atoms with Gasteiger partial charge in [0.15, 0.2) is 0 Å². The van der Waals surface area contributed by atoms with E-state index in [1.54, 1.807) is 0 Å². The van der Waals surface area contributed by atoms with E-state index in [9.17, 15) is 0 Å². The van der Waals surface area contributed by atoms with Crippen LogP contribution in [0.5, 0.6) is 0 Å². The van der Waals surface area contributed by atoms with Gasteiger partial charge in [-0.15, -0.1) is 0 Å². The predicted octanol–water partition coefficient (Wildman–Crippen LogP) is 2.69. The Morgan fingerprint density at radius 1 is 1.50 bits per heavy atom. The van der Waals surface area contributed by atoms with Crippen molar-refractivity contribution in [2.45, 2.75) is 19.8 Å². The van der Waals surface area contributed by atoms with Gasteiger partial charge in [0.25, 0.3) is 0 Å². The molecular weight excluding hydrogens is 315 g/mol. The van der Waals surface area contributed by atoms with Crippen molar-refractivity contribution in [2.75, 3.05) is 24.2 Å². The minimum Gasteiger partial charge on any atom is -0.397 e. The van der Waals surface area contributed by atoms with E-state index in [1.165, 1.54) is 0 Å². The van der Waals surface area contributed by atoms with Crippen molar-refractivity contribution >= 4 is 34.0 Å². The molecule has 0 fully saturated rings. The summed E-state index contributed by atoms with van der Waals surface area (Å²) in [7, 11) is 0. The molecular formula is C12H19IN2O. The molecule has 0 aromatic heterocycles. The Morgan fingerprint density at radius 3 is 2.81 bits per heavy atom. The maximum atomic E-state index is 8.90. The van der Waals surface area contributed by atoms with Gasteiger partial charge in [0.2, 0.25) is 0 Å². The van der Waals surface area contributed by atoms with E-state index in [1.807, 2.05) is 18.2 Å². The molecule has 0 aliphatic rings. The number of nitrogens with two attached hydrogens (primary N) is 1. The lowest BCUT2D eigenvalue weighted by Gasteiger charge is -2.16. The number of nitrogen functional groups attached to an aromatic ring is 1. The van der Waals surface area contributed by atoms with E-state index < -0.39 is 0 Å². The Bertz CT molecular complexity index is 331. The molecule has 1 atom stereocenters. The fourth-order valence-electron chi connectivity index (χ4n) is 1.58. The topological polar surface area (TPSA) is 58.3 Å². The molecule has 4 N–H and O–H groups in total. The van der Waals surface area contributed by atoms with Gasteiger partial charge < -0.3 is 16.2 Å². The van der Waals surface area contributed by atoms with E-state index in [-0.39, 0.29) is 6.61 Å². The normalized spacial score (nSPS) is 12.4. The number of benzene rings is 1. The third-order valence-electron chi connectivity index (χ3n) is 2.71. The Balaban J connectivity index is 2.53. The summed E-state index contributed by atoms with van der Waals surface area (Å²) in [5.41, 5.74) is 7.67. The lowest BCUT2D eigenvalue weighted by Crippen LogP contribution is -2.15. The van der Waals surface area contributed by atoms with Gasteiger partial charge in [-0.1, -0.05) is 13.3 Å². The highest BCUT2D eigenvalue weighted by Gasteiger charge is 2.06. The number of hydrogen-bond donors (Lipinski definition) is 3. The molecule has 1 aromatic rings. The fourth-order valence-corrected chi connectivity index (χ4v) is 2.10. The van der Waals surface area contributed by atoms with Gasteiger partial charge in [-0.25, -0.2) is 0 Å². The smallest absolute Gasteiger partial charge is 0.0574 e. The Morgan fingerprint density at radius 2 is 2.25 bits per heavy atom. The molecule has 0 saturated heterocycles. The maximum absolute atomic E-state index is 8.90. The van der Waals surface area contributed by atoms with Gasteiger partial charge in [0, 0.05) is 16.7 Å². The summed E-state index contributed by atoms with van der Waals surface area (Å²) in [5, 5.41) is 12.2. The van der Waals surface area contributed by atoms with Crippen LogP contribution in [0.1, 0.15) is 19.8 Å². The minimum atomic E-state index is 0.252. The summed E-state index contributed by atoms with van der Waals surface area (Å²) < 4.78 is 1.14. The second-order valence-electron chi connectivity index (χ2n) is 3.90. The standard InChI is InChI=1S/C12H19IN2O/c1-2-9(5-6-16)8-15-12-4-3-10(13)7-11(12)14/h3-4,7,9,15-16H,2,5-6,8,14H2,1H3. The van der Waals surface area contributed by atoms with Crippen LogP contribution in [0, 0.1) is 9.49 Å². The second-order valence-corrected chi connectivity index (χ2v) is 5.14. The summed E-state index contributed by atoms with van der Waals surface area (Å²) in [4.78, 5) is 0. The van der Waals surface area contributed by atoms with E-state index >= 15 is 0 Å². The molecule has 1 rings (SSSR count). The van der Waals surface area contributed by atoms with Crippen molar-refractivity contribution in [1.82, 2.24) is 0 Å². The van der Waals surface area contributed by atoms with Gasteiger partial charge in [0.1, 0.15) is 0 Å². The molecule has 0 aliphatic carbocycles. The zero-order valence-electron chi connectivity index (χ0n) is 9.54. The SMILES string of the molecule is CCC(CCO)CNc1ccc(I)cc1N. The first kappa shape index (κ1) is 13.6. The number of halogens is 1. The lowest BCUT2D eigenvalue weighted by atomic mass is 10.0. The van der Waals surface area contributed by atoms with Crippen molar-refractivity contribution in [3.05, 3.63) is 21.8 Å². The van der Waals surface area contributed by atoms with Crippen molar-refractivity contribution in [3.63, 3.8) is 0 Å². The number of nitrogens with one attached hydrogen (secondary N) is 1. The zero-order chi connectivity index (χ0) is 12.0. The molecule has 4 heteroatoms. The predicted molar refractivity (Wildman–Crippen MR) is 77.5 cm³/mol. The molecule has 16 heavy (non-hydrogen) atoms. The molecule has 0 spiro atoms. The van der Waals surface area contributed by atoms with Gasteiger partial charge in [-0.05, 0) is 53.1 Å². The summed E-state index contributed by atoms with van der Waals surface area (Å²) in [6.07, 6.45) is 1.91. The van der Waals surface area contributed by atoms with E-state index in [2.05, 4.69) is 34.8 Å². The molecule has 0 radical (unpaired) electrons. The summed E-state index contributed by atoms with van der Waals surface area (Å²) >= 11 is 2.24. The quantitative estimate of drug-likeness (QED) is 0.554. The third-order valence-corrected chi connectivity index (χ3v) is 3.38. The van der Waals surface area contributed by atoms with Crippen LogP contribution in [0.15, 0.2) is 18.2 Å². The number of rotatable bonds is 6. The number of aliphatic hydroxyl groups excluding tert-OH is 1. The van der Waals surface area contributed by atoms with Crippen LogP contribution in [-0.4, -0.2) is 18.3 Å². The van der Waals surface area contributed by atoms with Crippen LogP contribution in [0.4, 0.5) is 11.4 Å². The van der Waals surface area contributed by atoms with E-state index in [4.69, 9.17) is 10.8 Å². The van der Waals surface area contributed by atoms with Crippen LogP contribution >= 0.6 is 22.6 Å². The first-order valence-electron chi connectivity index (χ1n) is 5.57. The minimum absolute atomic E-state index is 0.252. The van der Waals surface area contributed by atoms with Crippen LogP contribution in [-0.2, 0) is 0 Å². The van der Waals surface area contributed by atoms with Crippen LogP contribution in [0.25, 0.3) is 0 Å². The average molecular weight is 334 g/mol. The van der Waals surface area contributed by atoms with Crippen LogP contribution in [0.3, 0.4) is 0 Å². The summed E-state index contributed by atoms with van der Waals surface area (Å²) in [5.74, 6) is 0.503. The molecule has 0 saturated carbocycles. The van der Waals surface area contributed by atoms with Crippen molar-refractivity contribution in [1.29, 1.82) is 0 Å². The molecule has 0 amide bonds. The summed E-state index contributed by atoms with van der Waals surface area (Å²) in [6.45, 7) is 3.25. The molecule has 3 nitrogen and oxygen atoms in total. The van der Waals surface area contributed by atoms with Gasteiger partial charge in [-0.2, -0.15) is 0 Å². The van der Waals surface area contributed by atoms with Crippen molar-refractivity contribution in [3.8, 4) is 0 Å². The lowest BCUT2D eigenvalue weighted by molar-refractivity contribution is 0.258. The number of anilines is 2. The zero-order valence-corrected chi connectivity index (χ0v) is 11.7. The van der Waals surface area contributed by atoms with Crippen molar-refractivity contribution < 1.29 is 5.11 Å². The molecule has 1 aromatic carbocycles. The molecule has 0 bridgehead atoms. The first-order valence-corrected chi connectivity index (χ1v) is 6.65. The highest BCUT2D eigenvalue weighted by Crippen LogP contribution is 2.21. The molecule has 0 heterocycles. The number of aliphatic hydroxyl groups is 1. The van der Waals surface area contributed by atoms with Gasteiger partial charge in [0.05, 0.1) is 11.4 Å². The highest BCUT2D eigenvalue weighted by molar-refractivity contribution is 14.1. The maximum Gasteiger partial charge on any atom is 0.0574 e. The Labute approximate surface area is 111 Å². The first-order chi connectivity index (χ1) is 7.67. The highest BCUT2D eigenvalue weighted by atomic mass is 127. The van der Waals surface area contributed by atoms with Gasteiger partial charge >= 0.3 is 0 Å². The molecule has 1 unspecified atom stereocenters. The fraction of sp³-hybridized carbons (Fsp3) is 0.500. The Hall–Kier alpha value is -0.490. The average Bonchev–Trinajstić information content (AvgIpc) is 2.26. The molecule has 90 valence electrons. The van der Waals surface area contributed by atoms with E-state index in [0.717, 1.165) is 34.3 Å². The summed E-state index contributed by atoms with van der Waals surface area (Å²) in [6, 6.07) is 5.99. The van der Waals surface area contributed by atoms with Crippen molar-refractivity contribution in [2.24, 2.45) is 5.92 Å². The number of hydrogen-bond acceptors (Lipinski definition) is 3. The Kier molecular flexibility index (Phi) is 5.90. The molecule has 0 aliphatic heterocycles. The second kappa shape index (κ2) is 6.96. The van der Waals surface area contributed by atoms with Gasteiger partial charge in [-0.3, -0.25) is 0 Å². The van der Waals surface area contributed by atoms with Crippen LogP contribution < -0.4 is 11.1 Å². The third kappa shape index (κ3) is 4.17. The van der Waals surface area contributed by atoms with E-state index in [0.29, 0.717) is 5.92 Å². The largest absolute Gasteiger partial charge is 0.397 e.